The van der Waals surface area contributed by atoms with Gasteiger partial charge >= 0.3 is 0 Å². The van der Waals surface area contributed by atoms with Crippen LogP contribution in [0.15, 0.2) is 65.8 Å². The molecule has 6 nitrogen and oxygen atoms in total. The number of para-hydroxylation sites is 3. The number of anilines is 1. The first-order valence-electron chi connectivity index (χ1n) is 8.18. The number of H-pyrrole nitrogens is 1. The Balaban J connectivity index is 1.69. The van der Waals surface area contributed by atoms with Crippen molar-refractivity contribution in [1.29, 1.82) is 5.26 Å². The first-order chi connectivity index (χ1) is 12.7. The number of fused-ring (bicyclic) bond motifs is 1. The van der Waals surface area contributed by atoms with E-state index in [0.29, 0.717) is 22.8 Å². The fourth-order valence-corrected chi connectivity index (χ4v) is 2.94. The Hall–Kier alpha value is -3.72. The average molecular weight is 341 g/mol. The van der Waals surface area contributed by atoms with Crippen LogP contribution < -0.4 is 5.01 Å². The van der Waals surface area contributed by atoms with Crippen LogP contribution in [-0.2, 0) is 4.79 Å². The highest BCUT2D eigenvalue weighted by Crippen LogP contribution is 2.26. The minimum Gasteiger partial charge on any atom is -0.337 e. The summed E-state index contributed by atoms with van der Waals surface area (Å²) >= 11 is 0. The van der Waals surface area contributed by atoms with Crippen LogP contribution in [-0.4, -0.2) is 21.6 Å². The first kappa shape index (κ1) is 15.8. The monoisotopic (exact) mass is 341 g/mol. The SMILES string of the molecule is CC1=NN(c2ccccc2)C(=O)[C@H]1/C=C(\C#N)c1nc2ccccc2[nH]1. The van der Waals surface area contributed by atoms with Gasteiger partial charge in [-0.25, -0.2) is 4.98 Å². The number of hydrogen-bond donors (Lipinski definition) is 1. The topological polar surface area (TPSA) is 85.1 Å². The maximum atomic E-state index is 12.8. The van der Waals surface area contributed by atoms with Crippen LogP contribution in [0.25, 0.3) is 16.6 Å². The lowest BCUT2D eigenvalue weighted by atomic mass is 10.0. The van der Waals surface area contributed by atoms with E-state index < -0.39 is 5.92 Å². The highest BCUT2D eigenvalue weighted by atomic mass is 16.2. The number of nitriles is 1. The molecule has 0 saturated carbocycles. The average Bonchev–Trinajstić information content (AvgIpc) is 3.22. The number of aromatic nitrogens is 2. The molecule has 0 spiro atoms. The summed E-state index contributed by atoms with van der Waals surface area (Å²) in [6.45, 7) is 1.79. The largest absolute Gasteiger partial charge is 0.337 e. The normalized spacial score (nSPS) is 17.5. The van der Waals surface area contributed by atoms with Gasteiger partial charge in [0.05, 0.1) is 33.9 Å². The van der Waals surface area contributed by atoms with Gasteiger partial charge in [0.1, 0.15) is 11.9 Å². The summed E-state index contributed by atoms with van der Waals surface area (Å²) in [6, 6.07) is 18.9. The molecular weight excluding hydrogens is 326 g/mol. The lowest BCUT2D eigenvalue weighted by Crippen LogP contribution is -2.26. The van der Waals surface area contributed by atoms with Crippen molar-refractivity contribution >= 4 is 33.9 Å². The number of imidazole rings is 1. The number of carbonyl (C=O) groups is 1. The molecule has 26 heavy (non-hydrogen) atoms. The molecule has 0 radical (unpaired) electrons. The molecule has 1 amide bonds. The van der Waals surface area contributed by atoms with E-state index in [1.807, 2.05) is 54.6 Å². The van der Waals surface area contributed by atoms with E-state index in [-0.39, 0.29) is 5.91 Å². The number of amides is 1. The number of hydrogen-bond acceptors (Lipinski definition) is 4. The predicted molar refractivity (Wildman–Crippen MR) is 100 cm³/mol. The van der Waals surface area contributed by atoms with E-state index in [4.69, 9.17) is 0 Å². The Labute approximate surface area is 150 Å². The van der Waals surface area contributed by atoms with E-state index in [0.717, 1.165) is 11.0 Å². The van der Waals surface area contributed by atoms with Crippen LogP contribution in [0.5, 0.6) is 0 Å². The van der Waals surface area contributed by atoms with Crippen molar-refractivity contribution in [2.24, 2.45) is 11.0 Å². The minimum atomic E-state index is -0.585. The van der Waals surface area contributed by atoms with Gasteiger partial charge in [0.15, 0.2) is 0 Å². The summed E-state index contributed by atoms with van der Waals surface area (Å²) in [6.07, 6.45) is 1.63. The maximum Gasteiger partial charge on any atom is 0.260 e. The van der Waals surface area contributed by atoms with Crippen LogP contribution in [0.1, 0.15) is 12.7 Å². The van der Waals surface area contributed by atoms with Gasteiger partial charge in [-0.3, -0.25) is 4.79 Å². The van der Waals surface area contributed by atoms with Crippen molar-refractivity contribution < 1.29 is 4.79 Å². The number of rotatable bonds is 3. The Morgan fingerprint density at radius 3 is 2.65 bits per heavy atom. The molecule has 4 rings (SSSR count). The third kappa shape index (κ3) is 2.66. The van der Waals surface area contributed by atoms with Crippen molar-refractivity contribution in [2.45, 2.75) is 6.92 Å². The Morgan fingerprint density at radius 1 is 1.19 bits per heavy atom. The van der Waals surface area contributed by atoms with Gasteiger partial charge in [-0.1, -0.05) is 30.3 Å². The summed E-state index contributed by atoms with van der Waals surface area (Å²) in [5, 5.41) is 15.3. The molecule has 1 atom stereocenters. The molecule has 1 aliphatic heterocycles. The molecular formula is C20H15N5O. The molecule has 1 aromatic heterocycles. The molecule has 0 unspecified atom stereocenters. The zero-order chi connectivity index (χ0) is 18.1. The smallest absolute Gasteiger partial charge is 0.260 e. The van der Waals surface area contributed by atoms with Gasteiger partial charge in [-0.2, -0.15) is 15.4 Å². The van der Waals surface area contributed by atoms with E-state index in [2.05, 4.69) is 21.1 Å². The van der Waals surface area contributed by atoms with Gasteiger partial charge in [-0.15, -0.1) is 0 Å². The van der Waals surface area contributed by atoms with Crippen LogP contribution >= 0.6 is 0 Å². The summed E-state index contributed by atoms with van der Waals surface area (Å²) in [7, 11) is 0. The first-order valence-corrected chi connectivity index (χ1v) is 8.18. The number of allylic oxidation sites excluding steroid dienone is 1. The molecule has 0 bridgehead atoms. The lowest BCUT2D eigenvalue weighted by molar-refractivity contribution is -0.118. The minimum absolute atomic E-state index is 0.183. The van der Waals surface area contributed by atoms with Crippen molar-refractivity contribution in [3.63, 3.8) is 0 Å². The van der Waals surface area contributed by atoms with E-state index in [1.165, 1.54) is 5.01 Å². The van der Waals surface area contributed by atoms with Crippen LogP contribution in [0.3, 0.4) is 0 Å². The highest BCUT2D eigenvalue weighted by Gasteiger charge is 2.33. The predicted octanol–water partition coefficient (Wildman–Crippen LogP) is 3.51. The third-order valence-corrected chi connectivity index (χ3v) is 4.28. The second kappa shape index (κ2) is 6.30. The molecule has 6 heteroatoms. The molecule has 3 aromatic rings. The fraction of sp³-hybridized carbons (Fsp3) is 0.100. The summed E-state index contributed by atoms with van der Waals surface area (Å²) < 4.78 is 0. The van der Waals surface area contributed by atoms with E-state index in [1.54, 1.807) is 13.0 Å². The molecule has 0 aliphatic carbocycles. The number of benzene rings is 2. The fourth-order valence-electron chi connectivity index (χ4n) is 2.94. The maximum absolute atomic E-state index is 12.8. The second-order valence-electron chi connectivity index (χ2n) is 6.00. The Morgan fingerprint density at radius 2 is 1.92 bits per heavy atom. The van der Waals surface area contributed by atoms with Crippen molar-refractivity contribution in [3.05, 3.63) is 66.5 Å². The third-order valence-electron chi connectivity index (χ3n) is 4.28. The van der Waals surface area contributed by atoms with Crippen LogP contribution in [0.4, 0.5) is 5.69 Å². The summed E-state index contributed by atoms with van der Waals surface area (Å²) in [5.74, 6) is -0.317. The Kier molecular flexibility index (Phi) is 3.82. The molecule has 1 N–H and O–H groups in total. The van der Waals surface area contributed by atoms with E-state index in [9.17, 15) is 10.1 Å². The number of carbonyl (C=O) groups excluding carboxylic acids is 1. The summed E-state index contributed by atoms with van der Waals surface area (Å²) in [5.41, 5.74) is 3.29. The van der Waals surface area contributed by atoms with Crippen molar-refractivity contribution in [1.82, 2.24) is 9.97 Å². The van der Waals surface area contributed by atoms with Gasteiger partial charge in [0.25, 0.3) is 5.91 Å². The van der Waals surface area contributed by atoms with Crippen LogP contribution in [0.2, 0.25) is 0 Å². The molecule has 2 aromatic carbocycles. The Bertz CT molecular complexity index is 1060. The molecule has 2 heterocycles. The molecule has 0 saturated heterocycles. The van der Waals surface area contributed by atoms with Crippen molar-refractivity contribution in [3.8, 4) is 6.07 Å². The second-order valence-corrected chi connectivity index (χ2v) is 6.00. The van der Waals surface area contributed by atoms with Gasteiger partial charge < -0.3 is 4.98 Å². The zero-order valence-corrected chi connectivity index (χ0v) is 14.0. The highest BCUT2D eigenvalue weighted by molar-refractivity contribution is 6.16. The van der Waals surface area contributed by atoms with Crippen molar-refractivity contribution in [2.75, 3.05) is 5.01 Å². The molecule has 0 fully saturated rings. The van der Waals surface area contributed by atoms with E-state index >= 15 is 0 Å². The van der Waals surface area contributed by atoms with Gasteiger partial charge in [-0.05, 0) is 37.3 Å². The van der Waals surface area contributed by atoms with Gasteiger partial charge in [0.2, 0.25) is 0 Å². The van der Waals surface area contributed by atoms with Gasteiger partial charge in [0, 0.05) is 0 Å². The molecule has 1 aliphatic rings. The number of nitrogens with zero attached hydrogens (tertiary/aromatic N) is 4. The zero-order valence-electron chi connectivity index (χ0n) is 14.0. The molecule has 126 valence electrons. The standard InChI is InChI=1S/C20H15N5O/c1-13-16(20(26)25(24-13)15-7-3-2-4-8-15)11-14(12-21)19-22-17-9-5-6-10-18(17)23-19/h2-11,16H,1H3,(H,22,23)/b14-11+/t16-/m0/s1. The number of hydrazone groups is 1. The number of nitrogens with one attached hydrogen (secondary N) is 1. The lowest BCUT2D eigenvalue weighted by Gasteiger charge is -2.12. The van der Waals surface area contributed by atoms with Crippen LogP contribution in [0, 0.1) is 17.2 Å². The summed E-state index contributed by atoms with van der Waals surface area (Å²) in [4.78, 5) is 20.4. The number of aromatic amines is 1. The quantitative estimate of drug-likeness (QED) is 0.740.